The van der Waals surface area contributed by atoms with E-state index in [0.717, 1.165) is 22.9 Å². The second-order valence-corrected chi connectivity index (χ2v) is 7.99. The number of anilines is 1. The molecule has 152 valence electrons. The van der Waals surface area contributed by atoms with Crippen molar-refractivity contribution in [2.45, 2.75) is 32.0 Å². The van der Waals surface area contributed by atoms with Crippen LogP contribution in [0.1, 0.15) is 19.4 Å². The number of hydrogen-bond donors (Lipinski definition) is 1. The third-order valence-corrected chi connectivity index (χ3v) is 6.06. The number of hydrogen-bond acceptors (Lipinski definition) is 4. The molecule has 0 unspecified atom stereocenters. The lowest BCUT2D eigenvalue weighted by Crippen LogP contribution is -2.23. The standard InChI is InChI=1S/C24H23N3O2S/c1-3-16-9-11-19(12-10-16)25-22(28)15-30-24-26-21-14-18-8-6-5-7-17(18)13-20(21)23(29)27(24)4-2/h5-14H,3-4,15H2,1-2H3,(H,25,28). The predicted octanol–water partition coefficient (Wildman–Crippen LogP) is 4.86. The topological polar surface area (TPSA) is 64.0 Å². The van der Waals surface area contributed by atoms with Gasteiger partial charge >= 0.3 is 0 Å². The van der Waals surface area contributed by atoms with Crippen molar-refractivity contribution in [2.24, 2.45) is 0 Å². The maximum Gasteiger partial charge on any atom is 0.262 e. The molecule has 0 bridgehead atoms. The fraction of sp³-hybridized carbons (Fsp3) is 0.208. The van der Waals surface area contributed by atoms with Gasteiger partial charge in [0.25, 0.3) is 5.56 Å². The summed E-state index contributed by atoms with van der Waals surface area (Å²) in [5.41, 5.74) is 2.57. The molecule has 3 aromatic carbocycles. The fourth-order valence-electron chi connectivity index (χ4n) is 3.43. The Morgan fingerprint density at radius 3 is 2.40 bits per heavy atom. The molecular weight excluding hydrogens is 394 g/mol. The Hall–Kier alpha value is -3.12. The number of nitrogens with one attached hydrogen (secondary N) is 1. The van der Waals surface area contributed by atoms with E-state index in [1.54, 1.807) is 4.57 Å². The van der Waals surface area contributed by atoms with Gasteiger partial charge in [0.2, 0.25) is 5.91 Å². The molecule has 0 spiro atoms. The van der Waals surface area contributed by atoms with Gasteiger partial charge < -0.3 is 5.32 Å². The molecule has 0 atom stereocenters. The first kappa shape index (κ1) is 20.2. The van der Waals surface area contributed by atoms with Crippen molar-refractivity contribution in [1.29, 1.82) is 0 Å². The van der Waals surface area contributed by atoms with Crippen molar-refractivity contribution >= 4 is 45.0 Å². The van der Waals surface area contributed by atoms with Gasteiger partial charge in [0.15, 0.2) is 5.16 Å². The molecular formula is C24H23N3O2S. The van der Waals surface area contributed by atoms with Crippen LogP contribution < -0.4 is 10.9 Å². The molecule has 0 radical (unpaired) electrons. The van der Waals surface area contributed by atoms with Crippen LogP contribution in [0.3, 0.4) is 0 Å². The van der Waals surface area contributed by atoms with Gasteiger partial charge in [0, 0.05) is 12.2 Å². The lowest BCUT2D eigenvalue weighted by atomic mass is 10.1. The van der Waals surface area contributed by atoms with Gasteiger partial charge in [0.05, 0.1) is 16.7 Å². The van der Waals surface area contributed by atoms with E-state index in [1.807, 2.05) is 67.6 Å². The Bertz CT molecular complexity index is 1280. The Kier molecular flexibility index (Phi) is 5.86. The van der Waals surface area contributed by atoms with Crippen LogP contribution in [0.5, 0.6) is 0 Å². The molecule has 30 heavy (non-hydrogen) atoms. The minimum atomic E-state index is -0.125. The second kappa shape index (κ2) is 8.71. The molecule has 0 aliphatic carbocycles. The van der Waals surface area contributed by atoms with Gasteiger partial charge in [-0.3, -0.25) is 14.2 Å². The van der Waals surface area contributed by atoms with Crippen molar-refractivity contribution in [2.75, 3.05) is 11.1 Å². The Labute approximate surface area is 179 Å². The zero-order chi connectivity index (χ0) is 21.1. The van der Waals surface area contributed by atoms with Crippen molar-refractivity contribution in [3.8, 4) is 0 Å². The summed E-state index contributed by atoms with van der Waals surface area (Å²) >= 11 is 1.28. The minimum Gasteiger partial charge on any atom is -0.325 e. The van der Waals surface area contributed by atoms with E-state index in [0.29, 0.717) is 22.6 Å². The van der Waals surface area contributed by atoms with Crippen molar-refractivity contribution in [3.63, 3.8) is 0 Å². The molecule has 1 N–H and O–H groups in total. The third kappa shape index (κ3) is 4.09. The molecule has 0 fully saturated rings. The smallest absolute Gasteiger partial charge is 0.262 e. The molecule has 4 aromatic rings. The summed E-state index contributed by atoms with van der Waals surface area (Å²) in [4.78, 5) is 30.1. The van der Waals surface area contributed by atoms with E-state index in [-0.39, 0.29) is 17.2 Å². The summed E-state index contributed by atoms with van der Waals surface area (Å²) in [6, 6.07) is 19.6. The van der Waals surface area contributed by atoms with E-state index < -0.39 is 0 Å². The zero-order valence-corrected chi connectivity index (χ0v) is 17.8. The number of aromatic nitrogens is 2. The molecule has 0 aliphatic heterocycles. The lowest BCUT2D eigenvalue weighted by Gasteiger charge is -2.12. The minimum absolute atomic E-state index is 0.0775. The molecule has 0 saturated heterocycles. The summed E-state index contributed by atoms with van der Waals surface area (Å²) in [7, 11) is 0. The highest BCUT2D eigenvalue weighted by Crippen LogP contribution is 2.23. The Morgan fingerprint density at radius 2 is 1.73 bits per heavy atom. The van der Waals surface area contributed by atoms with Gasteiger partial charge in [-0.1, -0.05) is 55.1 Å². The van der Waals surface area contributed by atoms with Crippen molar-refractivity contribution in [3.05, 3.63) is 76.6 Å². The van der Waals surface area contributed by atoms with E-state index in [2.05, 4.69) is 12.2 Å². The summed E-state index contributed by atoms with van der Waals surface area (Å²) in [5, 5.41) is 6.11. The van der Waals surface area contributed by atoms with E-state index >= 15 is 0 Å². The third-order valence-electron chi connectivity index (χ3n) is 5.08. The highest BCUT2D eigenvalue weighted by molar-refractivity contribution is 7.99. The number of amides is 1. The summed E-state index contributed by atoms with van der Waals surface area (Å²) in [6.45, 7) is 4.50. The second-order valence-electron chi connectivity index (χ2n) is 7.05. The first-order valence-electron chi connectivity index (χ1n) is 10.0. The van der Waals surface area contributed by atoms with Crippen LogP contribution in [0.4, 0.5) is 5.69 Å². The van der Waals surface area contributed by atoms with E-state index in [9.17, 15) is 9.59 Å². The first-order valence-corrected chi connectivity index (χ1v) is 11.0. The Morgan fingerprint density at radius 1 is 1.03 bits per heavy atom. The largest absolute Gasteiger partial charge is 0.325 e. The molecule has 6 heteroatoms. The molecule has 0 saturated carbocycles. The number of benzene rings is 3. The maximum absolute atomic E-state index is 13.0. The van der Waals surface area contributed by atoms with Gasteiger partial charge in [-0.05, 0) is 53.9 Å². The van der Waals surface area contributed by atoms with E-state index in [4.69, 9.17) is 4.98 Å². The number of fused-ring (bicyclic) bond motifs is 2. The molecule has 1 amide bonds. The van der Waals surface area contributed by atoms with Crippen LogP contribution >= 0.6 is 11.8 Å². The average molecular weight is 418 g/mol. The average Bonchev–Trinajstić information content (AvgIpc) is 2.77. The number of rotatable bonds is 6. The number of carbonyl (C=O) groups excluding carboxylic acids is 1. The van der Waals surface area contributed by atoms with Crippen LogP contribution in [-0.2, 0) is 17.8 Å². The number of aryl methyl sites for hydroxylation is 1. The number of nitrogens with zero attached hydrogens (tertiary/aromatic N) is 2. The lowest BCUT2D eigenvalue weighted by molar-refractivity contribution is -0.113. The van der Waals surface area contributed by atoms with Crippen LogP contribution in [0, 0.1) is 0 Å². The van der Waals surface area contributed by atoms with Crippen molar-refractivity contribution in [1.82, 2.24) is 9.55 Å². The van der Waals surface area contributed by atoms with Gasteiger partial charge in [-0.25, -0.2) is 4.98 Å². The summed E-state index contributed by atoms with van der Waals surface area (Å²) in [6.07, 6.45) is 0.960. The van der Waals surface area contributed by atoms with E-state index in [1.165, 1.54) is 17.3 Å². The van der Waals surface area contributed by atoms with Crippen LogP contribution in [0.25, 0.3) is 21.7 Å². The molecule has 5 nitrogen and oxygen atoms in total. The summed E-state index contributed by atoms with van der Waals surface area (Å²) in [5.74, 6) is 0.0564. The summed E-state index contributed by atoms with van der Waals surface area (Å²) < 4.78 is 1.63. The quantitative estimate of drug-likeness (QED) is 0.276. The predicted molar refractivity (Wildman–Crippen MR) is 124 cm³/mol. The van der Waals surface area contributed by atoms with Crippen LogP contribution in [0.15, 0.2) is 70.6 Å². The molecule has 1 aromatic heterocycles. The first-order chi connectivity index (χ1) is 14.6. The molecule has 0 aliphatic rings. The van der Waals surface area contributed by atoms with Crippen molar-refractivity contribution < 1.29 is 4.79 Å². The zero-order valence-electron chi connectivity index (χ0n) is 17.0. The normalized spacial score (nSPS) is 11.1. The van der Waals surface area contributed by atoms with Gasteiger partial charge in [-0.2, -0.15) is 0 Å². The number of thioether (sulfide) groups is 1. The Balaban J connectivity index is 1.58. The fourth-order valence-corrected chi connectivity index (χ4v) is 4.29. The van der Waals surface area contributed by atoms with Crippen LogP contribution in [-0.4, -0.2) is 21.2 Å². The highest BCUT2D eigenvalue weighted by Gasteiger charge is 2.13. The SMILES string of the molecule is CCc1ccc(NC(=O)CSc2nc3cc4ccccc4cc3c(=O)n2CC)cc1. The number of carbonyl (C=O) groups is 1. The highest BCUT2D eigenvalue weighted by atomic mass is 32.2. The monoisotopic (exact) mass is 417 g/mol. The van der Waals surface area contributed by atoms with Gasteiger partial charge in [-0.15, -0.1) is 0 Å². The molecule has 1 heterocycles. The van der Waals surface area contributed by atoms with Crippen LogP contribution in [0.2, 0.25) is 0 Å². The molecule has 4 rings (SSSR count). The van der Waals surface area contributed by atoms with Gasteiger partial charge in [0.1, 0.15) is 0 Å². The maximum atomic E-state index is 13.0.